The molecule has 0 amide bonds. The first-order valence-electron chi connectivity index (χ1n) is 19.0. The van der Waals surface area contributed by atoms with Gasteiger partial charge in [-0.25, -0.2) is 0 Å². The second kappa shape index (κ2) is 14.5. The molecule has 0 spiro atoms. The number of para-hydroxylation sites is 1. The first-order chi connectivity index (χ1) is 27.0. The summed E-state index contributed by atoms with van der Waals surface area (Å²) in [6, 6.07) is 65.3. The average Bonchev–Trinajstić information content (AvgIpc) is 3.74. The number of hydrogen-bond donors (Lipinski definition) is 1. The molecular weight excluding hydrogens is 665 g/mol. The number of rotatable bonds is 9. The highest BCUT2D eigenvalue weighted by molar-refractivity contribution is 5.90. The number of allylic oxidation sites excluding steroid dienone is 4. The molecule has 1 heterocycles. The van der Waals surface area contributed by atoms with Gasteiger partial charge in [-0.1, -0.05) is 178 Å². The zero-order valence-corrected chi connectivity index (χ0v) is 31.2. The third kappa shape index (κ3) is 6.64. The first kappa shape index (κ1) is 33.9. The number of anilines is 1. The second-order valence-corrected chi connectivity index (χ2v) is 14.7. The summed E-state index contributed by atoms with van der Waals surface area (Å²) in [6.45, 7) is 4.73. The van der Waals surface area contributed by atoms with Crippen molar-refractivity contribution in [2.75, 3.05) is 5.32 Å². The maximum absolute atomic E-state index is 3.43. The van der Waals surface area contributed by atoms with Crippen molar-refractivity contribution in [2.45, 2.75) is 19.3 Å². The Labute approximate surface area is 324 Å². The lowest BCUT2D eigenvalue weighted by Crippen LogP contribution is -2.15. The zero-order chi connectivity index (χ0) is 37.2. The van der Waals surface area contributed by atoms with E-state index in [1.807, 2.05) is 12.3 Å². The fourth-order valence-electron chi connectivity index (χ4n) is 7.99. The Morgan fingerprint density at radius 2 is 1.18 bits per heavy atom. The molecule has 0 aliphatic heterocycles. The molecule has 7 aromatic carbocycles. The molecule has 0 fully saturated rings. The van der Waals surface area contributed by atoms with Gasteiger partial charge in [-0.15, -0.1) is 0 Å². The van der Waals surface area contributed by atoms with Gasteiger partial charge in [-0.05, 0) is 98.1 Å². The van der Waals surface area contributed by atoms with E-state index in [1.165, 1.54) is 72.4 Å². The van der Waals surface area contributed by atoms with E-state index in [1.54, 1.807) is 0 Å². The van der Waals surface area contributed by atoms with Crippen LogP contribution in [0.5, 0.6) is 0 Å². The van der Waals surface area contributed by atoms with Gasteiger partial charge in [-0.3, -0.25) is 0 Å². The standard InChI is InChI=1S/C53H42N2/c1-53(2)49-35-38(24-26-41(39-15-6-3-7-16-39)22-14-34-54-45-29-27-42(28-30-45)40-17-8-4-9-18-40)25-32-47(49)48-33-31-46(37-50(48)53)55-51-23-13-12-21-44(51)36-52(55)43-19-10-5-11-20-43/h3-37,54H,1-2H3/b26-24-,34-14+,41-22+. The van der Waals surface area contributed by atoms with Gasteiger partial charge in [-0.2, -0.15) is 0 Å². The summed E-state index contributed by atoms with van der Waals surface area (Å²) in [5.41, 5.74) is 17.0. The number of aromatic nitrogens is 1. The van der Waals surface area contributed by atoms with Crippen molar-refractivity contribution in [3.63, 3.8) is 0 Å². The van der Waals surface area contributed by atoms with Crippen LogP contribution in [-0.2, 0) is 5.41 Å². The van der Waals surface area contributed by atoms with Crippen LogP contribution < -0.4 is 5.32 Å². The molecule has 8 aromatic rings. The van der Waals surface area contributed by atoms with Gasteiger partial charge in [0.1, 0.15) is 0 Å². The lowest BCUT2D eigenvalue weighted by atomic mass is 9.81. The molecule has 0 unspecified atom stereocenters. The molecule has 1 aromatic heterocycles. The molecule has 2 nitrogen and oxygen atoms in total. The monoisotopic (exact) mass is 706 g/mol. The highest BCUT2D eigenvalue weighted by Gasteiger charge is 2.36. The summed E-state index contributed by atoms with van der Waals surface area (Å²) >= 11 is 0. The van der Waals surface area contributed by atoms with Gasteiger partial charge in [0.25, 0.3) is 0 Å². The average molecular weight is 707 g/mol. The van der Waals surface area contributed by atoms with Gasteiger partial charge in [0.2, 0.25) is 0 Å². The maximum atomic E-state index is 3.43. The summed E-state index contributed by atoms with van der Waals surface area (Å²) in [5.74, 6) is 0. The van der Waals surface area contributed by atoms with Crippen molar-refractivity contribution >= 4 is 28.2 Å². The third-order valence-corrected chi connectivity index (χ3v) is 10.9. The fourth-order valence-corrected chi connectivity index (χ4v) is 7.99. The SMILES string of the molecule is CC1(C)c2cc(\C=C/C(=C\C=C\Nc3ccc(-c4ccccc4)cc3)c3ccccc3)ccc2-c2ccc(-n3c(-c4ccccc4)cc4ccccc43)cc21. The van der Waals surface area contributed by atoms with Crippen LogP contribution in [0.2, 0.25) is 0 Å². The normalized spacial score (nSPS) is 13.4. The summed E-state index contributed by atoms with van der Waals surface area (Å²) in [7, 11) is 0. The Morgan fingerprint density at radius 1 is 0.564 bits per heavy atom. The van der Waals surface area contributed by atoms with Gasteiger partial charge < -0.3 is 9.88 Å². The Hall–Kier alpha value is -6.90. The molecule has 2 heteroatoms. The number of benzene rings is 7. The van der Waals surface area contributed by atoms with E-state index < -0.39 is 0 Å². The minimum absolute atomic E-state index is 0.161. The lowest BCUT2D eigenvalue weighted by Gasteiger charge is -2.23. The Bertz CT molecular complexity index is 2710. The predicted molar refractivity (Wildman–Crippen MR) is 234 cm³/mol. The molecule has 0 saturated heterocycles. The van der Waals surface area contributed by atoms with Crippen LogP contribution in [-0.4, -0.2) is 4.57 Å². The molecule has 1 aliphatic carbocycles. The number of nitrogens with one attached hydrogen (secondary N) is 1. The van der Waals surface area contributed by atoms with E-state index in [0.29, 0.717) is 0 Å². The lowest BCUT2D eigenvalue weighted by molar-refractivity contribution is 0.659. The highest BCUT2D eigenvalue weighted by atomic mass is 15.0. The van der Waals surface area contributed by atoms with Gasteiger partial charge in [0.05, 0.1) is 11.2 Å². The van der Waals surface area contributed by atoms with Crippen LogP contribution in [0.25, 0.3) is 61.8 Å². The summed E-state index contributed by atoms with van der Waals surface area (Å²) in [5, 5.41) is 4.67. The molecule has 0 atom stereocenters. The van der Waals surface area contributed by atoms with E-state index in [9.17, 15) is 0 Å². The Balaban J connectivity index is 0.990. The zero-order valence-electron chi connectivity index (χ0n) is 31.2. The molecule has 264 valence electrons. The summed E-state index contributed by atoms with van der Waals surface area (Å²) < 4.78 is 2.42. The van der Waals surface area contributed by atoms with Crippen molar-refractivity contribution in [3.8, 4) is 39.2 Å². The van der Waals surface area contributed by atoms with Crippen molar-refractivity contribution < 1.29 is 0 Å². The molecule has 0 bridgehead atoms. The van der Waals surface area contributed by atoms with Gasteiger partial charge in [0, 0.05) is 28.4 Å². The highest BCUT2D eigenvalue weighted by Crippen LogP contribution is 2.50. The van der Waals surface area contributed by atoms with Crippen molar-refractivity contribution in [1.29, 1.82) is 0 Å². The van der Waals surface area contributed by atoms with Crippen LogP contribution in [0, 0.1) is 0 Å². The molecule has 9 rings (SSSR count). The van der Waals surface area contributed by atoms with E-state index >= 15 is 0 Å². The second-order valence-electron chi connectivity index (χ2n) is 14.7. The molecule has 1 N–H and O–H groups in total. The smallest absolute Gasteiger partial charge is 0.0540 e. The fraction of sp³-hybridized carbons (Fsp3) is 0.0566. The number of nitrogens with zero attached hydrogens (tertiary/aromatic N) is 1. The number of hydrogen-bond acceptors (Lipinski definition) is 1. The quantitative estimate of drug-likeness (QED) is 0.148. The van der Waals surface area contributed by atoms with E-state index in [0.717, 1.165) is 11.3 Å². The van der Waals surface area contributed by atoms with Gasteiger partial charge in [0.15, 0.2) is 0 Å². The van der Waals surface area contributed by atoms with Crippen LogP contribution in [0.1, 0.15) is 36.1 Å². The maximum Gasteiger partial charge on any atom is 0.0540 e. The minimum atomic E-state index is -0.161. The van der Waals surface area contributed by atoms with E-state index in [2.05, 4.69) is 224 Å². The molecule has 1 aliphatic rings. The molecule has 0 saturated carbocycles. The van der Waals surface area contributed by atoms with E-state index in [4.69, 9.17) is 0 Å². The molecular formula is C53H42N2. The topological polar surface area (TPSA) is 17.0 Å². The minimum Gasteiger partial charge on any atom is -0.362 e. The molecule has 0 radical (unpaired) electrons. The van der Waals surface area contributed by atoms with Crippen molar-refractivity contribution in [1.82, 2.24) is 4.57 Å². The molecule has 55 heavy (non-hydrogen) atoms. The van der Waals surface area contributed by atoms with Crippen molar-refractivity contribution in [3.05, 3.63) is 229 Å². The summed E-state index contributed by atoms with van der Waals surface area (Å²) in [4.78, 5) is 0. The Morgan fingerprint density at radius 3 is 1.93 bits per heavy atom. The van der Waals surface area contributed by atoms with E-state index in [-0.39, 0.29) is 5.41 Å². The van der Waals surface area contributed by atoms with Gasteiger partial charge >= 0.3 is 0 Å². The van der Waals surface area contributed by atoms with Crippen LogP contribution in [0.3, 0.4) is 0 Å². The largest absolute Gasteiger partial charge is 0.362 e. The number of fused-ring (bicyclic) bond motifs is 4. The van der Waals surface area contributed by atoms with Crippen molar-refractivity contribution in [2.24, 2.45) is 0 Å². The van der Waals surface area contributed by atoms with Crippen LogP contribution >= 0.6 is 0 Å². The Kier molecular flexibility index (Phi) is 8.94. The first-order valence-corrected chi connectivity index (χ1v) is 19.0. The van der Waals surface area contributed by atoms with Crippen LogP contribution in [0.15, 0.2) is 206 Å². The van der Waals surface area contributed by atoms with Crippen LogP contribution in [0.4, 0.5) is 5.69 Å². The third-order valence-electron chi connectivity index (χ3n) is 10.9. The predicted octanol–water partition coefficient (Wildman–Crippen LogP) is 14.0. The summed E-state index contributed by atoms with van der Waals surface area (Å²) in [6.07, 6.45) is 10.7.